The molecule has 1 unspecified atom stereocenters. The molecule has 2 aromatic carbocycles. The zero-order valence-electron chi connectivity index (χ0n) is 15.1. The molecule has 0 radical (unpaired) electrons. The van der Waals surface area contributed by atoms with Gasteiger partial charge in [-0.15, -0.1) is 12.4 Å². The van der Waals surface area contributed by atoms with Gasteiger partial charge in [-0.2, -0.15) is 0 Å². The van der Waals surface area contributed by atoms with E-state index < -0.39 is 0 Å². The first-order valence-electron chi connectivity index (χ1n) is 8.75. The normalized spacial score (nSPS) is 16.4. The van der Waals surface area contributed by atoms with Crippen LogP contribution in [0.15, 0.2) is 48.5 Å². The lowest BCUT2D eigenvalue weighted by Crippen LogP contribution is -2.48. The average molecular weight is 392 g/mol. The lowest BCUT2D eigenvalue weighted by atomic mass is 10.0. The fraction of sp³-hybridized carbons (Fsp3) is 0.300. The predicted octanol–water partition coefficient (Wildman–Crippen LogP) is 3.38. The highest BCUT2D eigenvalue weighted by molar-refractivity contribution is 5.97. The van der Waals surface area contributed by atoms with Crippen molar-refractivity contribution < 1.29 is 14.0 Å². The Kier molecular flexibility index (Phi) is 7.33. The van der Waals surface area contributed by atoms with Gasteiger partial charge in [0.15, 0.2) is 0 Å². The van der Waals surface area contributed by atoms with E-state index >= 15 is 0 Å². The first kappa shape index (κ1) is 20.9. The van der Waals surface area contributed by atoms with Crippen LogP contribution in [-0.4, -0.2) is 36.3 Å². The van der Waals surface area contributed by atoms with Gasteiger partial charge >= 0.3 is 0 Å². The second kappa shape index (κ2) is 9.48. The first-order chi connectivity index (χ1) is 12.6. The summed E-state index contributed by atoms with van der Waals surface area (Å²) >= 11 is 0. The van der Waals surface area contributed by atoms with Crippen LogP contribution in [0.2, 0.25) is 0 Å². The third-order valence-corrected chi connectivity index (χ3v) is 4.45. The summed E-state index contributed by atoms with van der Waals surface area (Å²) in [5, 5.41) is 6.03. The summed E-state index contributed by atoms with van der Waals surface area (Å²) in [5.74, 6) is -0.549. The number of benzene rings is 2. The first-order valence-corrected chi connectivity index (χ1v) is 8.75. The van der Waals surface area contributed by atoms with E-state index in [0.29, 0.717) is 37.3 Å². The summed E-state index contributed by atoms with van der Waals surface area (Å²) in [6.45, 7) is 3.56. The molecule has 0 bridgehead atoms. The molecule has 2 N–H and O–H groups in total. The van der Waals surface area contributed by atoms with Crippen molar-refractivity contribution in [1.29, 1.82) is 0 Å². The standard InChI is InChI=1S/C20H22FN3O2.ClH/c1-2-19(25)23-17-8-4-6-15(12-17)20(26)24-10-9-22-13-18(24)14-5-3-7-16(21)11-14;/h3-8,11-12,18,22H,2,9-10,13H2,1H3,(H,23,25);1H. The second-order valence-electron chi connectivity index (χ2n) is 6.26. The molecule has 7 heteroatoms. The topological polar surface area (TPSA) is 61.4 Å². The fourth-order valence-corrected chi connectivity index (χ4v) is 3.10. The van der Waals surface area contributed by atoms with E-state index in [2.05, 4.69) is 10.6 Å². The van der Waals surface area contributed by atoms with E-state index in [9.17, 15) is 14.0 Å². The quantitative estimate of drug-likeness (QED) is 0.839. The monoisotopic (exact) mass is 391 g/mol. The van der Waals surface area contributed by atoms with Crippen LogP contribution in [0.3, 0.4) is 0 Å². The minimum atomic E-state index is -0.315. The van der Waals surface area contributed by atoms with Crippen molar-refractivity contribution in [2.45, 2.75) is 19.4 Å². The Morgan fingerprint density at radius 2 is 2.00 bits per heavy atom. The molecule has 2 aromatic rings. The summed E-state index contributed by atoms with van der Waals surface area (Å²) in [6, 6.07) is 13.0. The molecular formula is C20H23ClFN3O2. The molecule has 0 spiro atoms. The van der Waals surface area contributed by atoms with Crippen molar-refractivity contribution in [3.8, 4) is 0 Å². The molecule has 27 heavy (non-hydrogen) atoms. The Morgan fingerprint density at radius 3 is 2.74 bits per heavy atom. The molecule has 1 atom stereocenters. The SMILES string of the molecule is CCC(=O)Nc1cccc(C(=O)N2CCNCC2c2cccc(F)c2)c1.Cl. The molecule has 3 rings (SSSR count). The molecule has 2 amide bonds. The molecule has 0 aromatic heterocycles. The number of halogens is 2. The Morgan fingerprint density at radius 1 is 1.22 bits per heavy atom. The van der Waals surface area contributed by atoms with Crippen LogP contribution >= 0.6 is 12.4 Å². The summed E-state index contributed by atoms with van der Waals surface area (Å²) in [6.07, 6.45) is 0.373. The van der Waals surface area contributed by atoms with Crippen LogP contribution in [-0.2, 0) is 4.79 Å². The molecule has 144 valence electrons. The molecule has 1 fully saturated rings. The molecule has 0 aliphatic carbocycles. The number of hydrogen-bond acceptors (Lipinski definition) is 3. The number of amides is 2. The molecule has 5 nitrogen and oxygen atoms in total. The Bertz CT molecular complexity index is 815. The van der Waals surface area contributed by atoms with Gasteiger partial charge in [0, 0.05) is 37.3 Å². The van der Waals surface area contributed by atoms with Gasteiger partial charge in [0.25, 0.3) is 5.91 Å². The molecule has 0 saturated carbocycles. The highest BCUT2D eigenvalue weighted by Crippen LogP contribution is 2.25. The van der Waals surface area contributed by atoms with E-state index in [1.807, 2.05) is 6.07 Å². The lowest BCUT2D eigenvalue weighted by molar-refractivity contribution is -0.115. The summed E-state index contributed by atoms with van der Waals surface area (Å²) in [5.41, 5.74) is 1.86. The summed E-state index contributed by atoms with van der Waals surface area (Å²) < 4.78 is 13.6. The minimum Gasteiger partial charge on any atom is -0.329 e. The highest BCUT2D eigenvalue weighted by Gasteiger charge is 2.29. The van der Waals surface area contributed by atoms with Crippen LogP contribution < -0.4 is 10.6 Å². The van der Waals surface area contributed by atoms with E-state index in [1.165, 1.54) is 12.1 Å². The van der Waals surface area contributed by atoms with Gasteiger partial charge in [-0.1, -0.05) is 25.1 Å². The van der Waals surface area contributed by atoms with Crippen LogP contribution in [0.5, 0.6) is 0 Å². The predicted molar refractivity (Wildman–Crippen MR) is 106 cm³/mol. The van der Waals surface area contributed by atoms with Gasteiger partial charge in [-0.25, -0.2) is 4.39 Å². The van der Waals surface area contributed by atoms with Gasteiger partial charge in [-0.05, 0) is 35.9 Å². The van der Waals surface area contributed by atoms with E-state index in [-0.39, 0.29) is 36.1 Å². The Hall–Kier alpha value is -2.44. The van der Waals surface area contributed by atoms with E-state index in [1.54, 1.807) is 42.2 Å². The van der Waals surface area contributed by atoms with Crippen molar-refractivity contribution >= 4 is 29.9 Å². The molecule has 1 aliphatic heterocycles. The number of carbonyl (C=O) groups excluding carboxylic acids is 2. The van der Waals surface area contributed by atoms with Crippen molar-refractivity contribution in [2.75, 3.05) is 25.0 Å². The number of piperazine rings is 1. The van der Waals surface area contributed by atoms with Crippen molar-refractivity contribution in [3.63, 3.8) is 0 Å². The maximum Gasteiger partial charge on any atom is 0.254 e. The summed E-state index contributed by atoms with van der Waals surface area (Å²) in [7, 11) is 0. The lowest BCUT2D eigenvalue weighted by Gasteiger charge is -2.36. The Balaban J connectivity index is 0.00000261. The minimum absolute atomic E-state index is 0. The van der Waals surface area contributed by atoms with Gasteiger partial charge in [-0.3, -0.25) is 9.59 Å². The summed E-state index contributed by atoms with van der Waals surface area (Å²) in [4.78, 5) is 26.4. The van der Waals surface area contributed by atoms with Gasteiger partial charge in [0.1, 0.15) is 5.82 Å². The number of nitrogens with zero attached hydrogens (tertiary/aromatic N) is 1. The molecule has 1 saturated heterocycles. The highest BCUT2D eigenvalue weighted by atomic mass is 35.5. The maximum absolute atomic E-state index is 13.6. The van der Waals surface area contributed by atoms with E-state index in [4.69, 9.17) is 0 Å². The number of nitrogens with one attached hydrogen (secondary N) is 2. The largest absolute Gasteiger partial charge is 0.329 e. The smallest absolute Gasteiger partial charge is 0.254 e. The van der Waals surface area contributed by atoms with Crippen LogP contribution in [0.25, 0.3) is 0 Å². The number of hydrogen-bond donors (Lipinski definition) is 2. The third-order valence-electron chi connectivity index (χ3n) is 4.45. The zero-order chi connectivity index (χ0) is 18.5. The third kappa shape index (κ3) is 5.05. The fourth-order valence-electron chi connectivity index (χ4n) is 3.10. The number of carbonyl (C=O) groups is 2. The van der Waals surface area contributed by atoms with E-state index in [0.717, 1.165) is 5.56 Å². The van der Waals surface area contributed by atoms with Gasteiger partial charge in [0.05, 0.1) is 6.04 Å². The number of anilines is 1. The maximum atomic E-state index is 13.6. The average Bonchev–Trinajstić information content (AvgIpc) is 2.67. The van der Waals surface area contributed by atoms with Crippen LogP contribution in [0.1, 0.15) is 35.3 Å². The van der Waals surface area contributed by atoms with Crippen molar-refractivity contribution in [2.24, 2.45) is 0 Å². The molecular weight excluding hydrogens is 369 g/mol. The van der Waals surface area contributed by atoms with Crippen LogP contribution in [0, 0.1) is 5.82 Å². The second-order valence-corrected chi connectivity index (χ2v) is 6.26. The Labute approximate surface area is 164 Å². The van der Waals surface area contributed by atoms with Crippen LogP contribution in [0.4, 0.5) is 10.1 Å². The zero-order valence-corrected chi connectivity index (χ0v) is 15.9. The van der Waals surface area contributed by atoms with Gasteiger partial charge in [0.2, 0.25) is 5.91 Å². The van der Waals surface area contributed by atoms with Gasteiger partial charge < -0.3 is 15.5 Å². The van der Waals surface area contributed by atoms with Crippen molar-refractivity contribution in [1.82, 2.24) is 10.2 Å². The molecule has 1 heterocycles. The molecule has 1 aliphatic rings. The number of rotatable bonds is 4. The van der Waals surface area contributed by atoms with Crippen molar-refractivity contribution in [3.05, 3.63) is 65.5 Å².